The molecular formula is C13H15Cl2N3. The Bertz CT molecular complexity index is 523. The summed E-state index contributed by atoms with van der Waals surface area (Å²) in [4.78, 5) is 7.63. The molecule has 2 aromatic rings. The van der Waals surface area contributed by atoms with E-state index in [9.17, 15) is 0 Å². The van der Waals surface area contributed by atoms with Crippen molar-refractivity contribution < 1.29 is 0 Å². The summed E-state index contributed by atoms with van der Waals surface area (Å²) >= 11 is 11.9. The molecule has 0 spiro atoms. The zero-order valence-electron chi connectivity index (χ0n) is 10.1. The Morgan fingerprint density at radius 2 is 2.11 bits per heavy atom. The van der Waals surface area contributed by atoms with E-state index < -0.39 is 0 Å². The highest BCUT2D eigenvalue weighted by Gasteiger charge is 2.04. The molecule has 18 heavy (non-hydrogen) atoms. The topological polar surface area (TPSA) is 40.7 Å². The summed E-state index contributed by atoms with van der Waals surface area (Å²) in [6, 6.07) is 5.64. The van der Waals surface area contributed by atoms with E-state index in [0.29, 0.717) is 10.0 Å². The Labute approximate surface area is 117 Å². The molecular weight excluding hydrogens is 269 g/mol. The molecule has 1 aromatic carbocycles. The minimum absolute atomic E-state index is 0.577. The van der Waals surface area contributed by atoms with Crippen molar-refractivity contribution in [3.05, 3.63) is 51.5 Å². The maximum atomic E-state index is 5.98. The molecule has 2 N–H and O–H groups in total. The molecule has 0 aliphatic carbocycles. The third-order valence-corrected chi connectivity index (χ3v) is 3.34. The van der Waals surface area contributed by atoms with Crippen molar-refractivity contribution in [2.45, 2.75) is 19.9 Å². The molecule has 0 saturated carbocycles. The van der Waals surface area contributed by atoms with E-state index in [1.165, 1.54) is 0 Å². The van der Waals surface area contributed by atoms with Crippen molar-refractivity contribution in [1.29, 1.82) is 0 Å². The number of imidazole rings is 1. The minimum atomic E-state index is 0.577. The normalized spacial score (nSPS) is 10.8. The van der Waals surface area contributed by atoms with Gasteiger partial charge in [-0.15, -0.1) is 0 Å². The molecule has 96 valence electrons. The second kappa shape index (κ2) is 6.23. The number of H-pyrrole nitrogens is 1. The molecule has 1 heterocycles. The number of halogens is 2. The fourth-order valence-corrected chi connectivity index (χ4v) is 2.01. The molecule has 0 bridgehead atoms. The van der Waals surface area contributed by atoms with Crippen LogP contribution in [-0.2, 0) is 13.0 Å². The zero-order valence-corrected chi connectivity index (χ0v) is 11.6. The van der Waals surface area contributed by atoms with Gasteiger partial charge in [-0.1, -0.05) is 36.2 Å². The van der Waals surface area contributed by atoms with Crippen LogP contribution in [-0.4, -0.2) is 16.5 Å². The Balaban J connectivity index is 2.04. The third-order valence-electron chi connectivity index (χ3n) is 2.60. The summed E-state index contributed by atoms with van der Waals surface area (Å²) in [5.41, 5.74) is 2.18. The second-order valence-corrected chi connectivity index (χ2v) is 4.88. The van der Waals surface area contributed by atoms with Crippen molar-refractivity contribution >= 4 is 23.2 Å². The standard InChI is InChI=1S/C13H15Cl2N3/c1-2-16-7-10-8-17-13(18-10)6-9-3-4-11(14)12(15)5-9/h3-5,8,16H,2,6-7H2,1H3,(H,17,18). The molecule has 0 atom stereocenters. The fraction of sp³-hybridized carbons (Fsp3) is 0.308. The monoisotopic (exact) mass is 283 g/mol. The van der Waals surface area contributed by atoms with Gasteiger partial charge in [0.25, 0.3) is 0 Å². The lowest BCUT2D eigenvalue weighted by Gasteiger charge is -2.01. The first-order valence-electron chi connectivity index (χ1n) is 5.86. The van der Waals surface area contributed by atoms with E-state index in [1.807, 2.05) is 24.4 Å². The van der Waals surface area contributed by atoms with Crippen LogP contribution in [0.5, 0.6) is 0 Å². The van der Waals surface area contributed by atoms with Gasteiger partial charge in [-0.05, 0) is 24.2 Å². The van der Waals surface area contributed by atoms with Gasteiger partial charge in [-0.3, -0.25) is 0 Å². The van der Waals surface area contributed by atoms with E-state index >= 15 is 0 Å². The molecule has 2 rings (SSSR count). The molecule has 5 heteroatoms. The Hall–Kier alpha value is -1.03. The Kier molecular flexibility index (Phi) is 4.64. The van der Waals surface area contributed by atoms with Crippen molar-refractivity contribution in [1.82, 2.24) is 15.3 Å². The first-order valence-corrected chi connectivity index (χ1v) is 6.62. The van der Waals surface area contributed by atoms with Gasteiger partial charge < -0.3 is 10.3 Å². The zero-order chi connectivity index (χ0) is 13.0. The van der Waals surface area contributed by atoms with Crippen molar-refractivity contribution in [3.63, 3.8) is 0 Å². The van der Waals surface area contributed by atoms with E-state index in [4.69, 9.17) is 23.2 Å². The molecule has 0 amide bonds. The summed E-state index contributed by atoms with van der Waals surface area (Å²) in [5.74, 6) is 0.932. The van der Waals surface area contributed by atoms with Crippen molar-refractivity contribution in [2.24, 2.45) is 0 Å². The molecule has 0 radical (unpaired) electrons. The first kappa shape index (κ1) is 13.4. The molecule has 0 fully saturated rings. The van der Waals surface area contributed by atoms with Crippen LogP contribution >= 0.6 is 23.2 Å². The SMILES string of the molecule is CCNCc1cnc(Cc2ccc(Cl)c(Cl)c2)[nH]1. The van der Waals surface area contributed by atoms with Crippen LogP contribution in [0.1, 0.15) is 24.0 Å². The molecule has 0 aliphatic heterocycles. The van der Waals surface area contributed by atoms with Crippen LogP contribution in [0.15, 0.2) is 24.4 Å². The lowest BCUT2D eigenvalue weighted by atomic mass is 10.1. The fourth-order valence-electron chi connectivity index (χ4n) is 1.69. The minimum Gasteiger partial charge on any atom is -0.345 e. The Morgan fingerprint density at radius 1 is 1.28 bits per heavy atom. The molecule has 1 aromatic heterocycles. The highest BCUT2D eigenvalue weighted by molar-refractivity contribution is 6.42. The van der Waals surface area contributed by atoms with Gasteiger partial charge in [0.15, 0.2) is 0 Å². The van der Waals surface area contributed by atoms with Crippen molar-refractivity contribution in [3.8, 4) is 0 Å². The van der Waals surface area contributed by atoms with E-state index in [-0.39, 0.29) is 0 Å². The van der Waals surface area contributed by atoms with Crippen LogP contribution < -0.4 is 5.32 Å². The molecule has 0 saturated heterocycles. The molecule has 3 nitrogen and oxygen atoms in total. The van der Waals surface area contributed by atoms with Gasteiger partial charge in [0.1, 0.15) is 5.82 Å². The van der Waals surface area contributed by atoms with E-state index in [2.05, 4.69) is 22.2 Å². The van der Waals surface area contributed by atoms with Crippen LogP contribution in [0.4, 0.5) is 0 Å². The van der Waals surface area contributed by atoms with Gasteiger partial charge in [0.2, 0.25) is 0 Å². The van der Waals surface area contributed by atoms with Crippen LogP contribution in [0.3, 0.4) is 0 Å². The van der Waals surface area contributed by atoms with E-state index in [1.54, 1.807) is 0 Å². The number of aromatic nitrogens is 2. The molecule has 0 unspecified atom stereocenters. The smallest absolute Gasteiger partial charge is 0.110 e. The summed E-state index contributed by atoms with van der Waals surface area (Å²) < 4.78 is 0. The molecule has 0 aliphatic rings. The maximum absolute atomic E-state index is 5.98. The highest BCUT2D eigenvalue weighted by atomic mass is 35.5. The number of nitrogens with one attached hydrogen (secondary N) is 2. The summed E-state index contributed by atoms with van der Waals surface area (Å²) in [7, 11) is 0. The highest BCUT2D eigenvalue weighted by Crippen LogP contribution is 2.23. The van der Waals surface area contributed by atoms with E-state index in [0.717, 1.165) is 36.6 Å². The van der Waals surface area contributed by atoms with Gasteiger partial charge in [-0.25, -0.2) is 4.98 Å². The number of aromatic amines is 1. The average Bonchev–Trinajstić information content (AvgIpc) is 2.79. The lowest BCUT2D eigenvalue weighted by Crippen LogP contribution is -2.11. The maximum Gasteiger partial charge on any atom is 0.110 e. The van der Waals surface area contributed by atoms with Gasteiger partial charge in [-0.2, -0.15) is 0 Å². The summed E-state index contributed by atoms with van der Waals surface area (Å²) in [6.45, 7) is 3.83. The summed E-state index contributed by atoms with van der Waals surface area (Å²) in [5, 5.41) is 4.40. The summed E-state index contributed by atoms with van der Waals surface area (Å²) in [6.07, 6.45) is 2.58. The number of nitrogens with zero attached hydrogens (tertiary/aromatic N) is 1. The number of benzene rings is 1. The largest absolute Gasteiger partial charge is 0.345 e. The van der Waals surface area contributed by atoms with Gasteiger partial charge in [0.05, 0.1) is 10.0 Å². The average molecular weight is 284 g/mol. The Morgan fingerprint density at radius 3 is 2.83 bits per heavy atom. The third kappa shape index (κ3) is 3.48. The predicted octanol–water partition coefficient (Wildman–Crippen LogP) is 3.42. The predicted molar refractivity (Wildman–Crippen MR) is 75.2 cm³/mol. The van der Waals surface area contributed by atoms with Crippen LogP contribution in [0.2, 0.25) is 10.0 Å². The van der Waals surface area contributed by atoms with Gasteiger partial charge in [0, 0.05) is 24.9 Å². The number of hydrogen-bond acceptors (Lipinski definition) is 2. The number of rotatable bonds is 5. The van der Waals surface area contributed by atoms with Gasteiger partial charge >= 0.3 is 0 Å². The lowest BCUT2D eigenvalue weighted by molar-refractivity contribution is 0.712. The van der Waals surface area contributed by atoms with Crippen LogP contribution in [0.25, 0.3) is 0 Å². The van der Waals surface area contributed by atoms with Crippen LogP contribution in [0, 0.1) is 0 Å². The second-order valence-electron chi connectivity index (χ2n) is 4.06. The van der Waals surface area contributed by atoms with Crippen molar-refractivity contribution in [2.75, 3.05) is 6.54 Å². The number of hydrogen-bond donors (Lipinski definition) is 2. The first-order chi connectivity index (χ1) is 8.69. The quantitative estimate of drug-likeness (QED) is 0.883.